The summed E-state index contributed by atoms with van der Waals surface area (Å²) in [5.74, 6) is -1.46. The molecule has 0 aliphatic carbocycles. The van der Waals surface area contributed by atoms with Crippen molar-refractivity contribution in [3.05, 3.63) is 106 Å². The smallest absolute Gasteiger partial charge is 0.255 e. The first kappa shape index (κ1) is 24.9. The number of halogens is 1. The van der Waals surface area contributed by atoms with Gasteiger partial charge >= 0.3 is 0 Å². The Hall–Kier alpha value is -3.19. The van der Waals surface area contributed by atoms with Crippen molar-refractivity contribution in [1.29, 1.82) is 0 Å². The van der Waals surface area contributed by atoms with Crippen LogP contribution in [0.2, 0.25) is 5.02 Å². The molecule has 3 aromatic rings. The van der Waals surface area contributed by atoms with E-state index in [1.165, 1.54) is 10.5 Å². The van der Waals surface area contributed by atoms with Crippen molar-refractivity contribution < 1.29 is 19.8 Å². The van der Waals surface area contributed by atoms with E-state index in [1.54, 1.807) is 12.1 Å². The van der Waals surface area contributed by atoms with Crippen LogP contribution in [0.3, 0.4) is 0 Å². The highest BCUT2D eigenvalue weighted by molar-refractivity contribution is 6.30. The topological polar surface area (TPSA) is 89.9 Å². The maximum atomic E-state index is 12.9. The summed E-state index contributed by atoms with van der Waals surface area (Å²) in [5.41, 5.74) is 4.08. The van der Waals surface area contributed by atoms with E-state index in [1.807, 2.05) is 54.6 Å². The normalized spacial score (nSPS) is 17.1. The van der Waals surface area contributed by atoms with Crippen LogP contribution in [0.5, 0.6) is 0 Å². The number of nitrogens with zero attached hydrogens (tertiary/aromatic N) is 1. The second-order valence-electron chi connectivity index (χ2n) is 8.83. The van der Waals surface area contributed by atoms with Gasteiger partial charge in [-0.05, 0) is 53.6 Å². The Morgan fingerprint density at radius 1 is 0.914 bits per heavy atom. The zero-order chi connectivity index (χ0) is 24.8. The van der Waals surface area contributed by atoms with Crippen LogP contribution >= 0.6 is 11.6 Å². The third-order valence-electron chi connectivity index (χ3n) is 6.33. The SMILES string of the molecule is O=C(NCc1ccc(Cc2ccccc2)cc1)[C@H](O)[C@@H](O)C(=O)N1CCCC1c1cccc(Cl)c1. The van der Waals surface area contributed by atoms with Crippen molar-refractivity contribution in [2.45, 2.75) is 44.1 Å². The molecular formula is C28H29ClN2O4. The van der Waals surface area contributed by atoms with E-state index in [9.17, 15) is 19.8 Å². The molecule has 2 amide bonds. The van der Waals surface area contributed by atoms with E-state index < -0.39 is 24.0 Å². The molecule has 3 N–H and O–H groups in total. The van der Waals surface area contributed by atoms with Gasteiger partial charge in [-0.25, -0.2) is 0 Å². The highest BCUT2D eigenvalue weighted by Crippen LogP contribution is 2.33. The summed E-state index contributed by atoms with van der Waals surface area (Å²) < 4.78 is 0. The Kier molecular flexibility index (Phi) is 8.18. The van der Waals surface area contributed by atoms with Crippen LogP contribution in [0, 0.1) is 0 Å². The molecule has 0 radical (unpaired) electrons. The Balaban J connectivity index is 1.31. The van der Waals surface area contributed by atoms with Gasteiger partial charge in [0.15, 0.2) is 12.2 Å². The number of likely N-dealkylation sites (tertiary alicyclic amines) is 1. The summed E-state index contributed by atoms with van der Waals surface area (Å²) in [4.78, 5) is 26.9. The summed E-state index contributed by atoms with van der Waals surface area (Å²) in [6.07, 6.45) is -1.41. The molecule has 1 aliphatic heterocycles. The third-order valence-corrected chi connectivity index (χ3v) is 6.57. The van der Waals surface area contributed by atoms with Gasteiger partial charge in [0.2, 0.25) is 0 Å². The lowest BCUT2D eigenvalue weighted by molar-refractivity contribution is -0.153. The molecule has 1 fully saturated rings. The molecule has 182 valence electrons. The fraction of sp³-hybridized carbons (Fsp3) is 0.286. The second-order valence-corrected chi connectivity index (χ2v) is 9.27. The molecule has 0 spiro atoms. The number of amides is 2. The van der Waals surface area contributed by atoms with Crippen LogP contribution in [-0.4, -0.2) is 45.7 Å². The van der Waals surface area contributed by atoms with Gasteiger partial charge in [0.05, 0.1) is 6.04 Å². The van der Waals surface area contributed by atoms with Gasteiger partial charge in [-0.3, -0.25) is 9.59 Å². The van der Waals surface area contributed by atoms with Crippen molar-refractivity contribution >= 4 is 23.4 Å². The monoisotopic (exact) mass is 492 g/mol. The van der Waals surface area contributed by atoms with E-state index in [2.05, 4.69) is 17.4 Å². The van der Waals surface area contributed by atoms with Gasteiger partial charge in [-0.1, -0.05) is 78.3 Å². The predicted octanol–water partition coefficient (Wildman–Crippen LogP) is 3.63. The number of carbonyl (C=O) groups is 2. The Morgan fingerprint density at radius 2 is 1.60 bits per heavy atom. The minimum Gasteiger partial charge on any atom is -0.380 e. The maximum absolute atomic E-state index is 12.9. The number of aliphatic hydroxyl groups excluding tert-OH is 2. The predicted molar refractivity (Wildman–Crippen MR) is 135 cm³/mol. The third kappa shape index (κ3) is 6.28. The van der Waals surface area contributed by atoms with E-state index in [0.717, 1.165) is 36.0 Å². The quantitative estimate of drug-likeness (QED) is 0.448. The molecule has 1 aliphatic rings. The number of benzene rings is 3. The molecule has 0 saturated carbocycles. The van der Waals surface area contributed by atoms with Gasteiger partial charge < -0.3 is 20.4 Å². The number of hydrogen-bond acceptors (Lipinski definition) is 4. The lowest BCUT2D eigenvalue weighted by atomic mass is 10.0. The molecule has 6 nitrogen and oxygen atoms in total. The Bertz CT molecular complexity index is 1150. The first-order valence-corrected chi connectivity index (χ1v) is 12.1. The zero-order valence-electron chi connectivity index (χ0n) is 19.3. The number of nitrogens with one attached hydrogen (secondary N) is 1. The lowest BCUT2D eigenvalue weighted by Gasteiger charge is -2.28. The maximum Gasteiger partial charge on any atom is 0.255 e. The number of rotatable bonds is 8. The molecular weight excluding hydrogens is 464 g/mol. The number of hydrogen-bond donors (Lipinski definition) is 3. The highest BCUT2D eigenvalue weighted by Gasteiger charge is 2.38. The Labute approximate surface area is 210 Å². The second kappa shape index (κ2) is 11.5. The Morgan fingerprint density at radius 3 is 2.31 bits per heavy atom. The molecule has 3 atom stereocenters. The van der Waals surface area contributed by atoms with Crippen molar-refractivity contribution in [1.82, 2.24) is 10.2 Å². The van der Waals surface area contributed by atoms with E-state index >= 15 is 0 Å². The average molecular weight is 493 g/mol. The van der Waals surface area contributed by atoms with Crippen molar-refractivity contribution in [2.24, 2.45) is 0 Å². The van der Waals surface area contributed by atoms with Gasteiger partial charge in [0.1, 0.15) is 0 Å². The van der Waals surface area contributed by atoms with Crippen LogP contribution in [0.15, 0.2) is 78.9 Å². The molecule has 1 saturated heterocycles. The van der Waals surface area contributed by atoms with Crippen molar-refractivity contribution in [2.75, 3.05) is 6.54 Å². The standard InChI is InChI=1S/C28H29ClN2O4/c29-23-9-4-8-22(17-23)24-10-5-15-31(24)28(35)26(33)25(32)27(34)30-18-21-13-11-20(12-14-21)16-19-6-2-1-3-7-19/h1-4,6-9,11-14,17,24-26,32-33H,5,10,15-16,18H2,(H,30,34)/t24?,25-,26-/m1/s1. The van der Waals surface area contributed by atoms with Crippen LogP contribution in [-0.2, 0) is 22.6 Å². The molecule has 7 heteroatoms. The largest absolute Gasteiger partial charge is 0.380 e. The number of aliphatic hydroxyl groups is 2. The minimum absolute atomic E-state index is 0.178. The molecule has 0 aromatic heterocycles. The summed E-state index contributed by atoms with van der Waals surface area (Å²) >= 11 is 6.09. The van der Waals surface area contributed by atoms with E-state index in [-0.39, 0.29) is 12.6 Å². The molecule has 1 heterocycles. The van der Waals surface area contributed by atoms with Crippen LogP contribution < -0.4 is 5.32 Å². The lowest BCUT2D eigenvalue weighted by Crippen LogP contribution is -2.50. The molecule has 1 unspecified atom stereocenters. The van der Waals surface area contributed by atoms with Crippen LogP contribution in [0.25, 0.3) is 0 Å². The first-order chi connectivity index (χ1) is 16.9. The van der Waals surface area contributed by atoms with Gasteiger partial charge in [0, 0.05) is 18.1 Å². The summed E-state index contributed by atoms with van der Waals surface area (Å²) in [6, 6.07) is 24.9. The first-order valence-electron chi connectivity index (χ1n) is 11.7. The fourth-order valence-corrected chi connectivity index (χ4v) is 4.64. The minimum atomic E-state index is -1.86. The number of carbonyl (C=O) groups excluding carboxylic acids is 2. The molecule has 3 aromatic carbocycles. The molecule has 35 heavy (non-hydrogen) atoms. The summed E-state index contributed by atoms with van der Waals surface area (Å²) in [7, 11) is 0. The fourth-order valence-electron chi connectivity index (χ4n) is 4.44. The van der Waals surface area contributed by atoms with Crippen molar-refractivity contribution in [3.63, 3.8) is 0 Å². The summed E-state index contributed by atoms with van der Waals surface area (Å²) in [6.45, 7) is 0.619. The van der Waals surface area contributed by atoms with Crippen LogP contribution in [0.1, 0.15) is 41.1 Å². The summed E-state index contributed by atoms with van der Waals surface area (Å²) in [5, 5.41) is 24.0. The highest BCUT2D eigenvalue weighted by atomic mass is 35.5. The van der Waals surface area contributed by atoms with Gasteiger partial charge in [-0.15, -0.1) is 0 Å². The van der Waals surface area contributed by atoms with E-state index in [0.29, 0.717) is 11.6 Å². The molecule has 4 rings (SSSR count). The molecule has 0 bridgehead atoms. The van der Waals surface area contributed by atoms with Gasteiger partial charge in [-0.2, -0.15) is 0 Å². The average Bonchev–Trinajstić information content (AvgIpc) is 3.37. The van der Waals surface area contributed by atoms with Crippen molar-refractivity contribution in [3.8, 4) is 0 Å². The van der Waals surface area contributed by atoms with E-state index in [4.69, 9.17) is 11.6 Å². The van der Waals surface area contributed by atoms with Gasteiger partial charge in [0.25, 0.3) is 11.8 Å². The zero-order valence-corrected chi connectivity index (χ0v) is 20.1. The van der Waals surface area contributed by atoms with Crippen LogP contribution in [0.4, 0.5) is 0 Å².